The molecule has 0 amide bonds. The zero-order chi connectivity index (χ0) is 20.0. The van der Waals surface area contributed by atoms with Gasteiger partial charge in [-0.2, -0.15) is 0 Å². The molecule has 158 valence electrons. The average Bonchev–Trinajstić information content (AvgIpc) is 2.71. The molecule has 1 heterocycles. The number of rotatable bonds is 11. The molecule has 1 saturated heterocycles. The Labute approximate surface area is 170 Å². The van der Waals surface area contributed by atoms with E-state index in [-0.39, 0.29) is 0 Å². The average molecular weight is 391 g/mol. The van der Waals surface area contributed by atoms with Gasteiger partial charge in [0.1, 0.15) is 0 Å². The van der Waals surface area contributed by atoms with Gasteiger partial charge in [0.25, 0.3) is 0 Å². The maximum atomic E-state index is 5.47. The van der Waals surface area contributed by atoms with E-state index in [0.717, 1.165) is 44.5 Å². The topological polar surface area (TPSA) is 58.1 Å². The van der Waals surface area contributed by atoms with Crippen LogP contribution < -0.4 is 10.6 Å². The Hall–Kier alpha value is -1.63. The molecule has 0 spiro atoms. The van der Waals surface area contributed by atoms with Crippen molar-refractivity contribution in [2.75, 3.05) is 53.6 Å². The van der Waals surface area contributed by atoms with Crippen LogP contribution >= 0.6 is 0 Å². The highest BCUT2D eigenvalue weighted by molar-refractivity contribution is 5.79. The number of methoxy groups -OCH3 is 1. The summed E-state index contributed by atoms with van der Waals surface area (Å²) in [6, 6.07) is 8.87. The largest absolute Gasteiger partial charge is 0.382 e. The number of hydrogen-bond acceptors (Lipinski definition) is 4. The lowest BCUT2D eigenvalue weighted by molar-refractivity contribution is 0.0698. The highest BCUT2D eigenvalue weighted by Gasteiger charge is 2.15. The lowest BCUT2D eigenvalue weighted by Gasteiger charge is -2.30. The van der Waals surface area contributed by atoms with Crippen LogP contribution in [-0.4, -0.2) is 64.5 Å². The van der Waals surface area contributed by atoms with E-state index in [0.29, 0.717) is 13.2 Å². The molecule has 0 unspecified atom stereocenters. The van der Waals surface area contributed by atoms with E-state index in [4.69, 9.17) is 9.47 Å². The van der Waals surface area contributed by atoms with Crippen LogP contribution in [0.2, 0.25) is 0 Å². The number of aliphatic imine (C=N–C) groups is 1. The van der Waals surface area contributed by atoms with Crippen molar-refractivity contribution < 1.29 is 9.47 Å². The summed E-state index contributed by atoms with van der Waals surface area (Å²) in [5, 5.41) is 6.73. The third-order valence-corrected chi connectivity index (χ3v) is 5.15. The number of hydrogen-bond donors (Lipinski definition) is 2. The minimum absolute atomic E-state index is 0.645. The zero-order valence-corrected chi connectivity index (χ0v) is 17.9. The molecule has 1 aromatic rings. The van der Waals surface area contributed by atoms with Crippen molar-refractivity contribution >= 4 is 5.96 Å². The highest BCUT2D eigenvalue weighted by atomic mass is 16.5. The molecule has 28 heavy (non-hydrogen) atoms. The first-order valence-electron chi connectivity index (χ1n) is 10.5. The molecule has 6 nitrogen and oxygen atoms in total. The summed E-state index contributed by atoms with van der Waals surface area (Å²) in [6.45, 7) is 9.48. The second-order valence-electron chi connectivity index (χ2n) is 7.59. The SMILES string of the molecule is CN=C(NCCCOCCOC)NCc1cccc(CN2CCC(C)CC2)c1. The first-order chi connectivity index (χ1) is 13.7. The van der Waals surface area contributed by atoms with Crippen LogP contribution in [-0.2, 0) is 22.6 Å². The maximum Gasteiger partial charge on any atom is 0.191 e. The van der Waals surface area contributed by atoms with E-state index < -0.39 is 0 Å². The first kappa shape index (κ1) is 22.7. The van der Waals surface area contributed by atoms with Crippen molar-refractivity contribution in [3.63, 3.8) is 0 Å². The number of ether oxygens (including phenoxy) is 2. The molecule has 0 saturated carbocycles. The number of nitrogens with one attached hydrogen (secondary N) is 2. The smallest absolute Gasteiger partial charge is 0.191 e. The lowest BCUT2D eigenvalue weighted by atomic mass is 9.98. The normalized spacial score (nSPS) is 16.3. The Morgan fingerprint density at radius 1 is 1.14 bits per heavy atom. The molecule has 6 heteroatoms. The minimum atomic E-state index is 0.645. The highest BCUT2D eigenvalue weighted by Crippen LogP contribution is 2.18. The van der Waals surface area contributed by atoms with Crippen molar-refractivity contribution in [1.29, 1.82) is 0 Å². The van der Waals surface area contributed by atoms with Gasteiger partial charge in [-0.1, -0.05) is 31.2 Å². The Morgan fingerprint density at radius 2 is 1.93 bits per heavy atom. The molecule has 0 aromatic heterocycles. The molecule has 0 atom stereocenters. The summed E-state index contributed by atoms with van der Waals surface area (Å²) >= 11 is 0. The van der Waals surface area contributed by atoms with Crippen molar-refractivity contribution in [3.8, 4) is 0 Å². The summed E-state index contributed by atoms with van der Waals surface area (Å²) in [4.78, 5) is 6.87. The standard InChI is InChI=1S/C22H38N4O2/c1-19-8-11-26(12-9-19)18-21-7-4-6-20(16-21)17-25-22(23-2)24-10-5-13-28-15-14-27-3/h4,6-7,16,19H,5,8-15,17-18H2,1-3H3,(H2,23,24,25). The number of benzene rings is 1. The molecule has 0 radical (unpaired) electrons. The van der Waals surface area contributed by atoms with Crippen LogP contribution in [0.1, 0.15) is 37.3 Å². The summed E-state index contributed by atoms with van der Waals surface area (Å²) in [7, 11) is 3.49. The fourth-order valence-electron chi connectivity index (χ4n) is 3.35. The molecule has 0 bridgehead atoms. The molecular weight excluding hydrogens is 352 g/mol. The first-order valence-corrected chi connectivity index (χ1v) is 10.5. The number of piperidine rings is 1. The second-order valence-corrected chi connectivity index (χ2v) is 7.59. The van der Waals surface area contributed by atoms with Crippen LogP contribution in [0, 0.1) is 5.92 Å². The van der Waals surface area contributed by atoms with Gasteiger partial charge in [-0.05, 0) is 49.4 Å². The van der Waals surface area contributed by atoms with Gasteiger partial charge < -0.3 is 20.1 Å². The third-order valence-electron chi connectivity index (χ3n) is 5.15. The van der Waals surface area contributed by atoms with Crippen LogP contribution in [0.25, 0.3) is 0 Å². The van der Waals surface area contributed by atoms with Crippen LogP contribution in [0.4, 0.5) is 0 Å². The van der Waals surface area contributed by atoms with E-state index >= 15 is 0 Å². The molecule has 1 fully saturated rings. The van der Waals surface area contributed by atoms with Gasteiger partial charge >= 0.3 is 0 Å². The number of likely N-dealkylation sites (tertiary alicyclic amines) is 1. The van der Waals surface area contributed by atoms with E-state index in [1.54, 1.807) is 14.2 Å². The monoisotopic (exact) mass is 390 g/mol. The van der Waals surface area contributed by atoms with Gasteiger partial charge in [0.2, 0.25) is 0 Å². The molecule has 1 aliphatic heterocycles. The second kappa shape index (κ2) is 13.5. The van der Waals surface area contributed by atoms with Gasteiger partial charge in [0.15, 0.2) is 5.96 Å². The summed E-state index contributed by atoms with van der Waals surface area (Å²) < 4.78 is 10.4. The lowest BCUT2D eigenvalue weighted by Crippen LogP contribution is -2.37. The summed E-state index contributed by atoms with van der Waals surface area (Å²) in [5.41, 5.74) is 2.68. The molecular formula is C22H38N4O2. The van der Waals surface area contributed by atoms with Crippen LogP contribution in [0.3, 0.4) is 0 Å². The predicted octanol–water partition coefficient (Wildman–Crippen LogP) is 2.64. The summed E-state index contributed by atoms with van der Waals surface area (Å²) in [5.74, 6) is 1.70. The van der Waals surface area contributed by atoms with Gasteiger partial charge in [-0.25, -0.2) is 0 Å². The van der Waals surface area contributed by atoms with Crippen molar-refractivity contribution in [3.05, 3.63) is 35.4 Å². The number of guanidine groups is 1. The van der Waals surface area contributed by atoms with E-state index in [2.05, 4.69) is 51.7 Å². The Bertz CT molecular complexity index is 571. The Morgan fingerprint density at radius 3 is 2.68 bits per heavy atom. The molecule has 2 rings (SSSR count). The zero-order valence-electron chi connectivity index (χ0n) is 17.9. The van der Waals surface area contributed by atoms with Crippen molar-refractivity contribution in [2.45, 2.75) is 39.3 Å². The van der Waals surface area contributed by atoms with Gasteiger partial charge in [-0.15, -0.1) is 0 Å². The van der Waals surface area contributed by atoms with E-state index in [9.17, 15) is 0 Å². The quantitative estimate of drug-likeness (QED) is 0.346. The fraction of sp³-hybridized carbons (Fsp3) is 0.682. The summed E-state index contributed by atoms with van der Waals surface area (Å²) in [6.07, 6.45) is 3.58. The molecule has 1 aromatic carbocycles. The molecule has 0 aliphatic carbocycles. The van der Waals surface area contributed by atoms with Crippen LogP contribution in [0.5, 0.6) is 0 Å². The Kier molecular flexibility index (Phi) is 10.9. The maximum absolute atomic E-state index is 5.47. The van der Waals surface area contributed by atoms with E-state index in [1.807, 2.05) is 0 Å². The van der Waals surface area contributed by atoms with Gasteiger partial charge in [0, 0.05) is 40.4 Å². The van der Waals surface area contributed by atoms with Crippen molar-refractivity contribution in [1.82, 2.24) is 15.5 Å². The predicted molar refractivity (Wildman–Crippen MR) is 116 cm³/mol. The van der Waals surface area contributed by atoms with Crippen LogP contribution in [0.15, 0.2) is 29.3 Å². The number of nitrogens with zero attached hydrogens (tertiary/aromatic N) is 2. The molecule has 2 N–H and O–H groups in total. The van der Waals surface area contributed by atoms with Gasteiger partial charge in [0.05, 0.1) is 13.2 Å². The Balaban J connectivity index is 1.67. The van der Waals surface area contributed by atoms with E-state index in [1.165, 1.54) is 37.1 Å². The fourth-order valence-corrected chi connectivity index (χ4v) is 3.35. The van der Waals surface area contributed by atoms with Gasteiger partial charge in [-0.3, -0.25) is 9.89 Å². The van der Waals surface area contributed by atoms with Crippen molar-refractivity contribution in [2.24, 2.45) is 10.9 Å². The third kappa shape index (κ3) is 9.04. The minimum Gasteiger partial charge on any atom is -0.382 e. The molecule has 1 aliphatic rings.